The Bertz CT molecular complexity index is 1270. The summed E-state index contributed by atoms with van der Waals surface area (Å²) < 4.78 is 29.5. The van der Waals surface area contributed by atoms with E-state index in [0.29, 0.717) is 11.0 Å². The molecule has 0 amide bonds. The summed E-state index contributed by atoms with van der Waals surface area (Å²) in [6.45, 7) is 0. The van der Waals surface area contributed by atoms with Gasteiger partial charge in [-0.2, -0.15) is 5.10 Å². The zero-order valence-corrected chi connectivity index (χ0v) is 16.1. The van der Waals surface area contributed by atoms with Gasteiger partial charge in [0, 0.05) is 6.07 Å². The van der Waals surface area contributed by atoms with Crippen LogP contribution in [0.15, 0.2) is 109 Å². The quantitative estimate of drug-likeness (QED) is 0.381. The lowest BCUT2D eigenvalue weighted by Crippen LogP contribution is -2.38. The summed E-state index contributed by atoms with van der Waals surface area (Å²) in [5, 5.41) is 4.79. The third-order valence-electron chi connectivity index (χ3n) is 5.41. The normalized spacial score (nSPS) is 13.4. The molecule has 5 aromatic rings. The summed E-state index contributed by atoms with van der Waals surface area (Å²) in [5.74, 6) is 0.160. The predicted molar refractivity (Wildman–Crippen MR) is 119 cm³/mol. The fourth-order valence-electron chi connectivity index (χ4n) is 4.12. The maximum absolute atomic E-state index is 7.48. The molecule has 146 valence electrons. The van der Waals surface area contributed by atoms with Crippen LogP contribution in [0.2, 0.25) is 0 Å². The molecule has 5 rings (SSSR count). The van der Waals surface area contributed by atoms with Gasteiger partial charge in [-0.05, 0) is 16.7 Å². The minimum Gasteiger partial charge on any atom is -0.495 e. The Balaban J connectivity index is 1.88. The molecule has 0 N–H and O–H groups in total. The molecule has 4 nitrogen and oxygen atoms in total. The van der Waals surface area contributed by atoms with Crippen LogP contribution in [0.25, 0.3) is 11.0 Å². The highest BCUT2D eigenvalue weighted by atomic mass is 16.5. The average Bonchev–Trinajstić information content (AvgIpc) is 3.24. The van der Waals surface area contributed by atoms with Crippen molar-refractivity contribution < 1.29 is 8.85 Å². The van der Waals surface area contributed by atoms with E-state index in [2.05, 4.69) is 41.4 Å². The Labute approximate surface area is 179 Å². The third kappa shape index (κ3) is 2.77. The molecule has 0 aliphatic carbocycles. The molecule has 0 spiro atoms. The number of nitrogens with zero attached hydrogens (tertiary/aromatic N) is 3. The van der Waals surface area contributed by atoms with E-state index in [-0.39, 0.29) is 5.75 Å². The summed E-state index contributed by atoms with van der Waals surface area (Å²) in [6.07, 6.45) is 3.11. The minimum absolute atomic E-state index is 0.160. The number of fused-ring (bicyclic) bond motifs is 1. The van der Waals surface area contributed by atoms with Gasteiger partial charge in [-0.15, -0.1) is 0 Å². The van der Waals surface area contributed by atoms with Crippen LogP contribution in [-0.2, 0) is 5.54 Å². The molecule has 2 heterocycles. The van der Waals surface area contributed by atoms with E-state index >= 15 is 0 Å². The SMILES string of the molecule is [2H]C([2H])([2H])Oc1cnc2cnn(C(c3ccccc3)(c3ccccc3)c3ccccc3)c2c1. The number of rotatable bonds is 5. The van der Waals surface area contributed by atoms with Crippen molar-refractivity contribution >= 4 is 11.0 Å². The van der Waals surface area contributed by atoms with Crippen LogP contribution in [0.3, 0.4) is 0 Å². The van der Waals surface area contributed by atoms with Crippen molar-refractivity contribution in [3.8, 4) is 5.75 Å². The second-order valence-corrected chi connectivity index (χ2v) is 7.04. The minimum atomic E-state index is -2.57. The number of pyridine rings is 1. The summed E-state index contributed by atoms with van der Waals surface area (Å²) in [4.78, 5) is 4.42. The van der Waals surface area contributed by atoms with Gasteiger partial charge in [-0.3, -0.25) is 0 Å². The van der Waals surface area contributed by atoms with E-state index in [1.807, 2.05) is 59.3 Å². The standard InChI is InChI=1S/C26H21N3O/c1-30-23-17-25-24(27-18-23)19-28-29(25)26(20-11-5-2-6-12-20,21-13-7-3-8-14-21)22-15-9-4-10-16-22/h2-19H,1H3/i1D3. The van der Waals surface area contributed by atoms with Crippen LogP contribution in [0, 0.1) is 0 Å². The van der Waals surface area contributed by atoms with Crippen LogP contribution >= 0.6 is 0 Å². The fourth-order valence-corrected chi connectivity index (χ4v) is 4.12. The third-order valence-corrected chi connectivity index (χ3v) is 5.41. The summed E-state index contributed by atoms with van der Waals surface area (Å²) in [6, 6.07) is 32.1. The zero-order valence-electron chi connectivity index (χ0n) is 19.1. The van der Waals surface area contributed by atoms with Crippen molar-refractivity contribution in [1.82, 2.24) is 14.8 Å². The van der Waals surface area contributed by atoms with E-state index in [1.165, 1.54) is 6.20 Å². The van der Waals surface area contributed by atoms with E-state index < -0.39 is 12.6 Å². The fraction of sp³-hybridized carbons (Fsp3) is 0.0769. The first-order valence-electron chi connectivity index (χ1n) is 11.2. The molecule has 0 saturated carbocycles. The molecule has 0 aliphatic heterocycles. The Morgan fingerprint density at radius 1 is 0.767 bits per heavy atom. The smallest absolute Gasteiger partial charge is 0.139 e. The van der Waals surface area contributed by atoms with Crippen LogP contribution in [0.5, 0.6) is 5.75 Å². The number of benzene rings is 3. The predicted octanol–water partition coefficient (Wildman–Crippen LogP) is 5.28. The van der Waals surface area contributed by atoms with E-state index in [4.69, 9.17) is 13.9 Å². The Morgan fingerprint density at radius 3 is 1.80 bits per heavy atom. The second-order valence-electron chi connectivity index (χ2n) is 7.04. The maximum atomic E-state index is 7.48. The Morgan fingerprint density at radius 2 is 1.30 bits per heavy atom. The molecule has 0 atom stereocenters. The van der Waals surface area contributed by atoms with Gasteiger partial charge >= 0.3 is 0 Å². The molecule has 0 radical (unpaired) electrons. The Kier molecular flexibility index (Phi) is 3.74. The largest absolute Gasteiger partial charge is 0.495 e. The molecule has 30 heavy (non-hydrogen) atoms. The number of hydrogen-bond acceptors (Lipinski definition) is 3. The molecular weight excluding hydrogens is 370 g/mol. The molecule has 4 heteroatoms. The summed E-state index contributed by atoms with van der Waals surface area (Å²) >= 11 is 0. The molecular formula is C26H21N3O. The molecule has 2 aromatic heterocycles. The van der Waals surface area contributed by atoms with Gasteiger partial charge in [-0.25, -0.2) is 9.67 Å². The van der Waals surface area contributed by atoms with Crippen molar-refractivity contribution in [2.24, 2.45) is 0 Å². The van der Waals surface area contributed by atoms with Gasteiger partial charge in [0.25, 0.3) is 0 Å². The van der Waals surface area contributed by atoms with Crippen molar-refractivity contribution in [2.45, 2.75) is 5.54 Å². The lowest BCUT2D eigenvalue weighted by atomic mass is 9.77. The topological polar surface area (TPSA) is 39.9 Å². The summed E-state index contributed by atoms with van der Waals surface area (Å²) in [5.41, 5.74) is 3.50. The van der Waals surface area contributed by atoms with Crippen molar-refractivity contribution in [3.63, 3.8) is 0 Å². The van der Waals surface area contributed by atoms with Crippen molar-refractivity contribution in [2.75, 3.05) is 7.04 Å². The molecule has 0 bridgehead atoms. The van der Waals surface area contributed by atoms with Crippen molar-refractivity contribution in [3.05, 3.63) is 126 Å². The first-order chi connectivity index (χ1) is 16.0. The second kappa shape index (κ2) is 7.48. The van der Waals surface area contributed by atoms with Gasteiger partial charge in [0.2, 0.25) is 0 Å². The monoisotopic (exact) mass is 394 g/mol. The lowest BCUT2D eigenvalue weighted by molar-refractivity contribution is 0.412. The molecule has 0 unspecified atom stereocenters. The van der Waals surface area contributed by atoms with Gasteiger partial charge in [0.1, 0.15) is 16.8 Å². The Hall–Kier alpha value is -3.92. The number of methoxy groups -OCH3 is 1. The summed E-state index contributed by atoms with van der Waals surface area (Å²) in [7, 11) is -2.57. The zero-order chi connectivity index (χ0) is 22.9. The van der Waals surface area contributed by atoms with Crippen LogP contribution in [-0.4, -0.2) is 21.8 Å². The highest BCUT2D eigenvalue weighted by Crippen LogP contribution is 2.42. The van der Waals surface area contributed by atoms with Crippen LogP contribution in [0.1, 0.15) is 20.8 Å². The molecule has 0 saturated heterocycles. The van der Waals surface area contributed by atoms with Crippen molar-refractivity contribution in [1.29, 1.82) is 0 Å². The van der Waals surface area contributed by atoms with Gasteiger partial charge in [0.15, 0.2) is 0 Å². The highest BCUT2D eigenvalue weighted by Gasteiger charge is 2.40. The number of ether oxygens (including phenoxy) is 1. The highest BCUT2D eigenvalue weighted by molar-refractivity contribution is 5.77. The molecule has 3 aromatic carbocycles. The van der Waals surface area contributed by atoms with E-state index in [0.717, 1.165) is 16.7 Å². The molecule has 0 aliphatic rings. The van der Waals surface area contributed by atoms with Crippen LogP contribution in [0.4, 0.5) is 0 Å². The van der Waals surface area contributed by atoms with Gasteiger partial charge in [-0.1, -0.05) is 91.0 Å². The average molecular weight is 394 g/mol. The first kappa shape index (κ1) is 15.0. The first-order valence-corrected chi connectivity index (χ1v) is 9.68. The lowest BCUT2D eigenvalue weighted by Gasteiger charge is -2.36. The maximum Gasteiger partial charge on any atom is 0.139 e. The van der Waals surface area contributed by atoms with E-state index in [1.54, 1.807) is 12.3 Å². The number of aromatic nitrogens is 3. The van der Waals surface area contributed by atoms with Gasteiger partial charge < -0.3 is 4.74 Å². The molecule has 0 fully saturated rings. The van der Waals surface area contributed by atoms with E-state index in [9.17, 15) is 0 Å². The van der Waals surface area contributed by atoms with Gasteiger partial charge in [0.05, 0.1) is 29.1 Å². The van der Waals surface area contributed by atoms with Crippen LogP contribution < -0.4 is 4.74 Å². The number of hydrogen-bond donors (Lipinski definition) is 0.